The van der Waals surface area contributed by atoms with Crippen LogP contribution in [0.2, 0.25) is 0 Å². The minimum atomic E-state index is 0.867. The molecule has 2 rings (SSSR count). The van der Waals surface area contributed by atoms with Crippen molar-refractivity contribution >= 4 is 5.69 Å². The minimum Gasteiger partial charge on any atom is -0.374 e. The van der Waals surface area contributed by atoms with E-state index in [9.17, 15) is 0 Å². The number of rotatable bonds is 4. The number of nitrogens with one attached hydrogen (secondary N) is 1. The van der Waals surface area contributed by atoms with Crippen LogP contribution >= 0.6 is 0 Å². The quantitative estimate of drug-likeness (QED) is 0.878. The standard InChI is InChI=1S/C16H26N2/c1-13-6-4-8-16(14(13)2)18(3)11-9-15-7-5-10-17-12-15/h4,6,8,15,17H,5,7,9-12H2,1-3H3. The topological polar surface area (TPSA) is 15.3 Å². The summed E-state index contributed by atoms with van der Waals surface area (Å²) in [5.41, 5.74) is 4.19. The lowest BCUT2D eigenvalue weighted by atomic mass is 9.96. The predicted octanol–water partition coefficient (Wildman–Crippen LogP) is 3.13. The summed E-state index contributed by atoms with van der Waals surface area (Å²) in [5.74, 6) is 0.867. The molecule has 1 fully saturated rings. The van der Waals surface area contributed by atoms with Gasteiger partial charge in [0, 0.05) is 19.3 Å². The highest BCUT2D eigenvalue weighted by Gasteiger charge is 2.14. The lowest BCUT2D eigenvalue weighted by molar-refractivity contribution is 0.360. The van der Waals surface area contributed by atoms with Crippen molar-refractivity contribution < 1.29 is 0 Å². The molecule has 2 heteroatoms. The van der Waals surface area contributed by atoms with Crippen molar-refractivity contribution in [3.63, 3.8) is 0 Å². The third-order valence-corrected chi connectivity index (χ3v) is 4.26. The van der Waals surface area contributed by atoms with Crippen LogP contribution in [0.1, 0.15) is 30.4 Å². The summed E-state index contributed by atoms with van der Waals surface area (Å²) in [4.78, 5) is 2.41. The summed E-state index contributed by atoms with van der Waals surface area (Å²) in [6.45, 7) is 8.00. The third kappa shape index (κ3) is 3.26. The Hall–Kier alpha value is -1.02. The van der Waals surface area contributed by atoms with Gasteiger partial charge in [-0.05, 0) is 69.3 Å². The monoisotopic (exact) mass is 246 g/mol. The van der Waals surface area contributed by atoms with E-state index >= 15 is 0 Å². The lowest BCUT2D eigenvalue weighted by Crippen LogP contribution is -2.32. The summed E-state index contributed by atoms with van der Waals surface area (Å²) in [6.07, 6.45) is 4.04. The smallest absolute Gasteiger partial charge is 0.0395 e. The zero-order valence-corrected chi connectivity index (χ0v) is 12.0. The van der Waals surface area contributed by atoms with Crippen molar-refractivity contribution in [2.24, 2.45) is 5.92 Å². The SMILES string of the molecule is Cc1cccc(N(C)CCC2CCCNC2)c1C. The Balaban J connectivity index is 1.90. The third-order valence-electron chi connectivity index (χ3n) is 4.26. The van der Waals surface area contributed by atoms with Gasteiger partial charge in [0.2, 0.25) is 0 Å². The van der Waals surface area contributed by atoms with Crippen molar-refractivity contribution in [1.29, 1.82) is 0 Å². The fourth-order valence-corrected chi connectivity index (χ4v) is 2.82. The molecule has 18 heavy (non-hydrogen) atoms. The maximum Gasteiger partial charge on any atom is 0.0395 e. The van der Waals surface area contributed by atoms with Gasteiger partial charge in [-0.1, -0.05) is 12.1 Å². The van der Waals surface area contributed by atoms with E-state index in [0.29, 0.717) is 0 Å². The summed E-state index contributed by atoms with van der Waals surface area (Å²) >= 11 is 0. The van der Waals surface area contributed by atoms with Gasteiger partial charge >= 0.3 is 0 Å². The predicted molar refractivity (Wildman–Crippen MR) is 79.4 cm³/mol. The molecule has 1 unspecified atom stereocenters. The molecule has 0 bridgehead atoms. The van der Waals surface area contributed by atoms with Gasteiger partial charge in [0.15, 0.2) is 0 Å². The van der Waals surface area contributed by atoms with Crippen LogP contribution in [0.4, 0.5) is 5.69 Å². The zero-order chi connectivity index (χ0) is 13.0. The van der Waals surface area contributed by atoms with Crippen molar-refractivity contribution in [2.75, 3.05) is 31.6 Å². The van der Waals surface area contributed by atoms with E-state index in [1.54, 1.807) is 0 Å². The van der Waals surface area contributed by atoms with Crippen LogP contribution in [0.3, 0.4) is 0 Å². The number of nitrogens with zero attached hydrogens (tertiary/aromatic N) is 1. The van der Waals surface area contributed by atoms with Gasteiger partial charge in [0.05, 0.1) is 0 Å². The number of benzene rings is 1. The van der Waals surface area contributed by atoms with E-state index < -0.39 is 0 Å². The summed E-state index contributed by atoms with van der Waals surface area (Å²) < 4.78 is 0. The average molecular weight is 246 g/mol. The molecule has 0 saturated carbocycles. The van der Waals surface area contributed by atoms with Crippen LogP contribution in [0, 0.1) is 19.8 Å². The van der Waals surface area contributed by atoms with Gasteiger partial charge in [-0.3, -0.25) is 0 Å². The average Bonchev–Trinajstić information content (AvgIpc) is 2.40. The van der Waals surface area contributed by atoms with Gasteiger partial charge < -0.3 is 10.2 Å². The Morgan fingerprint density at radius 2 is 2.17 bits per heavy atom. The second kappa shape index (κ2) is 6.24. The number of piperidine rings is 1. The summed E-state index contributed by atoms with van der Waals surface area (Å²) in [7, 11) is 2.22. The van der Waals surface area contributed by atoms with E-state index in [-0.39, 0.29) is 0 Å². The Morgan fingerprint density at radius 3 is 2.89 bits per heavy atom. The first-order valence-corrected chi connectivity index (χ1v) is 7.16. The van der Waals surface area contributed by atoms with Crippen LogP contribution < -0.4 is 10.2 Å². The molecular weight excluding hydrogens is 220 g/mol. The van der Waals surface area contributed by atoms with E-state index in [1.807, 2.05) is 0 Å². The fraction of sp³-hybridized carbons (Fsp3) is 0.625. The van der Waals surface area contributed by atoms with Crippen LogP contribution in [-0.4, -0.2) is 26.7 Å². The maximum atomic E-state index is 3.50. The van der Waals surface area contributed by atoms with Crippen LogP contribution in [0.5, 0.6) is 0 Å². The molecule has 100 valence electrons. The molecule has 0 radical (unpaired) electrons. The highest BCUT2D eigenvalue weighted by molar-refractivity contribution is 5.55. The Labute approximate surface area is 111 Å². The molecule has 1 aliphatic heterocycles. The van der Waals surface area contributed by atoms with Crippen molar-refractivity contribution in [3.8, 4) is 0 Å². The molecule has 2 nitrogen and oxygen atoms in total. The molecule has 1 heterocycles. The lowest BCUT2D eigenvalue weighted by Gasteiger charge is -2.27. The second-order valence-corrected chi connectivity index (χ2v) is 5.64. The number of hydrogen-bond acceptors (Lipinski definition) is 2. The Morgan fingerprint density at radius 1 is 1.33 bits per heavy atom. The van der Waals surface area contributed by atoms with E-state index in [4.69, 9.17) is 0 Å². The largest absolute Gasteiger partial charge is 0.374 e. The molecule has 1 aliphatic rings. The van der Waals surface area contributed by atoms with Gasteiger partial charge in [0.25, 0.3) is 0 Å². The Bertz CT molecular complexity index is 381. The molecule has 0 aromatic heterocycles. The van der Waals surface area contributed by atoms with Crippen LogP contribution in [0.15, 0.2) is 18.2 Å². The van der Waals surface area contributed by atoms with Gasteiger partial charge in [-0.15, -0.1) is 0 Å². The van der Waals surface area contributed by atoms with E-state index in [2.05, 4.69) is 49.3 Å². The molecule has 0 spiro atoms. The van der Waals surface area contributed by atoms with Gasteiger partial charge in [-0.2, -0.15) is 0 Å². The van der Waals surface area contributed by atoms with E-state index in [0.717, 1.165) is 12.5 Å². The van der Waals surface area contributed by atoms with Crippen molar-refractivity contribution in [2.45, 2.75) is 33.1 Å². The number of aryl methyl sites for hydroxylation is 1. The molecule has 1 aromatic rings. The van der Waals surface area contributed by atoms with Crippen molar-refractivity contribution in [3.05, 3.63) is 29.3 Å². The fourth-order valence-electron chi connectivity index (χ4n) is 2.82. The summed E-state index contributed by atoms with van der Waals surface area (Å²) in [6, 6.07) is 6.59. The molecule has 1 aromatic carbocycles. The maximum absolute atomic E-state index is 3.50. The van der Waals surface area contributed by atoms with Gasteiger partial charge in [-0.25, -0.2) is 0 Å². The zero-order valence-electron chi connectivity index (χ0n) is 12.0. The second-order valence-electron chi connectivity index (χ2n) is 5.64. The van der Waals surface area contributed by atoms with E-state index in [1.165, 1.54) is 49.2 Å². The molecule has 0 aliphatic carbocycles. The molecule has 1 saturated heterocycles. The molecule has 0 amide bonds. The molecule has 1 N–H and O–H groups in total. The first-order chi connectivity index (χ1) is 8.68. The number of hydrogen-bond donors (Lipinski definition) is 1. The van der Waals surface area contributed by atoms with Gasteiger partial charge in [0.1, 0.15) is 0 Å². The first kappa shape index (κ1) is 13.4. The highest BCUT2D eigenvalue weighted by atomic mass is 15.1. The van der Waals surface area contributed by atoms with Crippen molar-refractivity contribution in [1.82, 2.24) is 5.32 Å². The molecular formula is C16H26N2. The van der Waals surface area contributed by atoms with Crippen LogP contribution in [-0.2, 0) is 0 Å². The number of anilines is 1. The normalized spacial score (nSPS) is 19.8. The molecule has 1 atom stereocenters. The van der Waals surface area contributed by atoms with Crippen LogP contribution in [0.25, 0.3) is 0 Å². The highest BCUT2D eigenvalue weighted by Crippen LogP contribution is 2.23. The minimum absolute atomic E-state index is 0.867. The summed E-state index contributed by atoms with van der Waals surface area (Å²) in [5, 5.41) is 3.50. The first-order valence-electron chi connectivity index (χ1n) is 7.16. The Kier molecular flexibility index (Phi) is 4.65.